The second-order valence-corrected chi connectivity index (χ2v) is 7.19. The zero-order valence-corrected chi connectivity index (χ0v) is 14.7. The van der Waals surface area contributed by atoms with E-state index in [1.54, 1.807) is 15.6 Å². The van der Waals surface area contributed by atoms with Gasteiger partial charge in [-0.15, -0.1) is 0 Å². The van der Waals surface area contributed by atoms with E-state index >= 15 is 0 Å². The quantitative estimate of drug-likeness (QED) is 0.925. The van der Waals surface area contributed by atoms with E-state index < -0.39 is 0 Å². The first kappa shape index (κ1) is 16.3. The monoisotopic (exact) mass is 340 g/mol. The van der Waals surface area contributed by atoms with E-state index in [-0.39, 0.29) is 23.1 Å². The number of nitrogens with zero attached hydrogens (tertiary/aromatic N) is 3. The first-order chi connectivity index (χ1) is 12.1. The van der Waals surface area contributed by atoms with Crippen LogP contribution < -0.4 is 10.7 Å². The summed E-state index contributed by atoms with van der Waals surface area (Å²) in [7, 11) is 1.81. The minimum Gasteiger partial charge on any atom is -0.337 e. The molecule has 2 aliphatic rings. The number of carbonyl (C=O) groups excluding carboxylic acids is 1. The largest absolute Gasteiger partial charge is 0.337 e. The van der Waals surface area contributed by atoms with Gasteiger partial charge in [0.25, 0.3) is 5.91 Å². The Kier molecular flexibility index (Phi) is 4.07. The van der Waals surface area contributed by atoms with Crippen LogP contribution in [0.3, 0.4) is 0 Å². The normalized spacial score (nSPS) is 25.3. The number of rotatable bonds is 3. The summed E-state index contributed by atoms with van der Waals surface area (Å²) < 4.78 is 1.74. The standard InChI is InChI=1S/C19H24N4O2/c1-3-23-16-7-5-4-6-15(16)18(24)17(21-23)19(25)22(2)14-10-12-8-9-13(11-14)20-12/h4-7,12-14,20H,3,8-11H2,1-2H3. The molecule has 0 saturated carbocycles. The Bertz CT molecular complexity index is 863. The van der Waals surface area contributed by atoms with Crippen molar-refractivity contribution in [1.82, 2.24) is 20.0 Å². The van der Waals surface area contributed by atoms with Gasteiger partial charge >= 0.3 is 0 Å². The zero-order valence-electron chi connectivity index (χ0n) is 14.7. The lowest BCUT2D eigenvalue weighted by Crippen LogP contribution is -2.49. The van der Waals surface area contributed by atoms with Gasteiger partial charge in [0, 0.05) is 37.1 Å². The highest BCUT2D eigenvalue weighted by Gasteiger charge is 2.37. The average molecular weight is 340 g/mol. The number of aromatic nitrogens is 2. The Balaban J connectivity index is 1.70. The van der Waals surface area contributed by atoms with Gasteiger partial charge in [-0.05, 0) is 44.7 Å². The van der Waals surface area contributed by atoms with Crippen LogP contribution in [0, 0.1) is 0 Å². The van der Waals surface area contributed by atoms with Gasteiger partial charge in [0.15, 0.2) is 5.69 Å². The summed E-state index contributed by atoms with van der Waals surface area (Å²) >= 11 is 0. The number of fused-ring (bicyclic) bond motifs is 3. The maximum Gasteiger partial charge on any atom is 0.278 e. The summed E-state index contributed by atoms with van der Waals surface area (Å²) in [4.78, 5) is 27.6. The lowest BCUT2D eigenvalue weighted by Gasteiger charge is -2.35. The number of aryl methyl sites for hydroxylation is 1. The second kappa shape index (κ2) is 6.26. The lowest BCUT2D eigenvalue weighted by molar-refractivity contribution is 0.0672. The molecule has 2 saturated heterocycles. The lowest BCUT2D eigenvalue weighted by atomic mass is 9.98. The molecule has 0 radical (unpaired) electrons. The van der Waals surface area contributed by atoms with Crippen LogP contribution in [0.5, 0.6) is 0 Å². The van der Waals surface area contributed by atoms with Gasteiger partial charge < -0.3 is 10.2 Å². The molecule has 132 valence electrons. The van der Waals surface area contributed by atoms with E-state index in [4.69, 9.17) is 0 Å². The molecule has 1 amide bonds. The molecular weight excluding hydrogens is 316 g/mol. The van der Waals surface area contributed by atoms with Crippen molar-refractivity contribution in [2.24, 2.45) is 0 Å². The topological polar surface area (TPSA) is 67.2 Å². The van der Waals surface area contributed by atoms with Crippen molar-refractivity contribution < 1.29 is 4.79 Å². The molecule has 2 bridgehead atoms. The molecule has 6 heteroatoms. The van der Waals surface area contributed by atoms with Gasteiger partial charge in [-0.2, -0.15) is 5.10 Å². The summed E-state index contributed by atoms with van der Waals surface area (Å²) in [6.07, 6.45) is 4.27. The van der Waals surface area contributed by atoms with E-state index in [1.807, 2.05) is 32.2 Å². The van der Waals surface area contributed by atoms with Crippen molar-refractivity contribution in [3.8, 4) is 0 Å². The molecule has 1 aromatic heterocycles. The Morgan fingerprint density at radius 3 is 2.64 bits per heavy atom. The Morgan fingerprint density at radius 1 is 1.28 bits per heavy atom. The Morgan fingerprint density at radius 2 is 1.96 bits per heavy atom. The molecule has 0 spiro atoms. The summed E-state index contributed by atoms with van der Waals surface area (Å²) in [5, 5.41) is 8.53. The number of amides is 1. The molecule has 2 atom stereocenters. The van der Waals surface area contributed by atoms with Gasteiger partial charge in [-0.25, -0.2) is 0 Å². The number of benzene rings is 1. The molecule has 6 nitrogen and oxygen atoms in total. The molecule has 1 aromatic carbocycles. The number of para-hydroxylation sites is 1. The molecule has 2 aliphatic heterocycles. The van der Waals surface area contributed by atoms with E-state index in [0.717, 1.165) is 18.4 Å². The average Bonchev–Trinajstić information content (AvgIpc) is 2.99. The predicted octanol–water partition coefficient (Wildman–Crippen LogP) is 1.77. The highest BCUT2D eigenvalue weighted by Crippen LogP contribution is 2.29. The third kappa shape index (κ3) is 2.74. The molecule has 2 fully saturated rings. The smallest absolute Gasteiger partial charge is 0.278 e. The van der Waals surface area contributed by atoms with Crippen molar-refractivity contribution in [2.45, 2.75) is 57.3 Å². The van der Waals surface area contributed by atoms with Gasteiger partial charge in [0.1, 0.15) is 0 Å². The fraction of sp³-hybridized carbons (Fsp3) is 0.526. The van der Waals surface area contributed by atoms with Crippen LogP contribution in [-0.4, -0.2) is 45.8 Å². The van der Waals surface area contributed by atoms with E-state index in [1.165, 1.54) is 12.8 Å². The molecule has 1 N–H and O–H groups in total. The number of nitrogens with one attached hydrogen (secondary N) is 1. The second-order valence-electron chi connectivity index (χ2n) is 7.19. The van der Waals surface area contributed by atoms with Crippen LogP contribution in [0.25, 0.3) is 10.9 Å². The Hall–Kier alpha value is -2.21. The first-order valence-electron chi connectivity index (χ1n) is 9.11. The molecule has 0 aliphatic carbocycles. The van der Waals surface area contributed by atoms with Gasteiger partial charge in [-0.1, -0.05) is 12.1 Å². The van der Waals surface area contributed by atoms with Crippen molar-refractivity contribution in [3.05, 3.63) is 40.2 Å². The maximum atomic E-state index is 13.0. The summed E-state index contributed by atoms with van der Waals surface area (Å²) in [6, 6.07) is 8.52. The predicted molar refractivity (Wildman–Crippen MR) is 96.7 cm³/mol. The van der Waals surface area contributed by atoms with Crippen molar-refractivity contribution in [3.63, 3.8) is 0 Å². The highest BCUT2D eigenvalue weighted by molar-refractivity contribution is 5.95. The molecule has 3 heterocycles. The number of hydrogen-bond acceptors (Lipinski definition) is 4. The number of piperidine rings is 1. The minimum atomic E-state index is -0.269. The van der Waals surface area contributed by atoms with Crippen molar-refractivity contribution >= 4 is 16.8 Å². The van der Waals surface area contributed by atoms with Crippen molar-refractivity contribution in [2.75, 3.05) is 7.05 Å². The fourth-order valence-electron chi connectivity index (χ4n) is 4.30. The number of hydrogen-bond donors (Lipinski definition) is 1. The van der Waals surface area contributed by atoms with Crippen LogP contribution in [0.1, 0.15) is 43.1 Å². The third-order valence-electron chi connectivity index (χ3n) is 5.68. The van der Waals surface area contributed by atoms with Gasteiger partial charge in [0.2, 0.25) is 5.43 Å². The van der Waals surface area contributed by atoms with Crippen LogP contribution >= 0.6 is 0 Å². The van der Waals surface area contributed by atoms with Crippen LogP contribution in [-0.2, 0) is 6.54 Å². The zero-order chi connectivity index (χ0) is 17.6. The first-order valence-corrected chi connectivity index (χ1v) is 9.11. The van der Waals surface area contributed by atoms with Crippen LogP contribution in [0.2, 0.25) is 0 Å². The third-order valence-corrected chi connectivity index (χ3v) is 5.68. The van der Waals surface area contributed by atoms with Crippen LogP contribution in [0.4, 0.5) is 0 Å². The molecule has 25 heavy (non-hydrogen) atoms. The summed E-state index contributed by atoms with van der Waals surface area (Å²) in [5.74, 6) is -0.260. The van der Waals surface area contributed by atoms with E-state index in [2.05, 4.69) is 10.4 Å². The van der Waals surface area contributed by atoms with Gasteiger partial charge in [0.05, 0.1) is 5.52 Å². The molecule has 4 rings (SSSR count). The molecule has 2 unspecified atom stereocenters. The summed E-state index contributed by atoms with van der Waals surface area (Å²) in [6.45, 7) is 2.58. The summed E-state index contributed by atoms with van der Waals surface area (Å²) in [5.41, 5.74) is 0.539. The maximum absolute atomic E-state index is 13.0. The molecular formula is C19H24N4O2. The van der Waals surface area contributed by atoms with Crippen molar-refractivity contribution in [1.29, 1.82) is 0 Å². The number of carbonyl (C=O) groups is 1. The SMILES string of the molecule is CCn1nc(C(=O)N(C)C2CC3CCC(C2)N3)c(=O)c2ccccc21. The van der Waals surface area contributed by atoms with E-state index in [0.29, 0.717) is 24.0 Å². The fourth-order valence-corrected chi connectivity index (χ4v) is 4.30. The Labute approximate surface area is 146 Å². The highest BCUT2D eigenvalue weighted by atomic mass is 16.2. The van der Waals surface area contributed by atoms with Crippen LogP contribution in [0.15, 0.2) is 29.1 Å². The molecule has 2 aromatic rings. The van der Waals surface area contributed by atoms with Gasteiger partial charge in [-0.3, -0.25) is 14.3 Å². The van der Waals surface area contributed by atoms with E-state index in [9.17, 15) is 9.59 Å². The minimum absolute atomic E-state index is 0.0360.